The van der Waals surface area contributed by atoms with Crippen LogP contribution in [0.4, 0.5) is 4.39 Å². The fraction of sp³-hybridized carbons (Fsp3) is 0.308. The average Bonchev–Trinajstić information content (AvgIpc) is 2.36. The first-order valence-corrected chi connectivity index (χ1v) is 8.12. The summed E-state index contributed by atoms with van der Waals surface area (Å²) < 4.78 is 35.6. The predicted octanol–water partition coefficient (Wildman–Crippen LogP) is 2.29. The van der Waals surface area contributed by atoms with Gasteiger partial charge in [0.05, 0.1) is 4.90 Å². The van der Waals surface area contributed by atoms with Crippen molar-refractivity contribution in [3.8, 4) is 12.3 Å². The largest absolute Gasteiger partial charge is 0.352 e. The van der Waals surface area contributed by atoms with Crippen LogP contribution in [-0.2, 0) is 9.05 Å². The maximum Gasteiger partial charge on any atom is 0.261 e. The first kappa shape index (κ1) is 16.5. The van der Waals surface area contributed by atoms with Crippen molar-refractivity contribution < 1.29 is 17.6 Å². The monoisotopic (exact) mass is 317 g/mol. The zero-order chi connectivity index (χ0) is 15.2. The summed E-state index contributed by atoms with van der Waals surface area (Å²) >= 11 is 0. The van der Waals surface area contributed by atoms with Gasteiger partial charge in [0.1, 0.15) is 5.82 Å². The summed E-state index contributed by atoms with van der Waals surface area (Å²) in [6, 6.07) is 2.73. The quantitative estimate of drug-likeness (QED) is 0.497. The van der Waals surface area contributed by atoms with Crippen LogP contribution in [0.5, 0.6) is 0 Å². The molecule has 0 aliphatic carbocycles. The highest BCUT2D eigenvalue weighted by molar-refractivity contribution is 8.13. The lowest BCUT2D eigenvalue weighted by Crippen LogP contribution is -2.24. The van der Waals surface area contributed by atoms with Crippen LogP contribution in [0.1, 0.15) is 29.6 Å². The van der Waals surface area contributed by atoms with E-state index in [1.54, 1.807) is 0 Å². The van der Waals surface area contributed by atoms with Crippen molar-refractivity contribution in [1.82, 2.24) is 5.32 Å². The van der Waals surface area contributed by atoms with Gasteiger partial charge in [0.15, 0.2) is 0 Å². The van der Waals surface area contributed by atoms with E-state index in [0.29, 0.717) is 19.4 Å². The number of carbonyl (C=O) groups is 1. The standard InChI is InChI=1S/C13H13ClFNO3S/c1-2-3-4-5-6-16-13(17)10-7-11(15)9-12(8-10)20(14,18)19/h1,7-9H,3-6H2,(H,16,17). The molecular weight excluding hydrogens is 305 g/mol. The Kier molecular flexibility index (Phi) is 5.99. The molecule has 0 spiro atoms. The number of benzene rings is 1. The summed E-state index contributed by atoms with van der Waals surface area (Å²) in [6.45, 7) is 0.375. The topological polar surface area (TPSA) is 63.2 Å². The minimum atomic E-state index is -4.08. The average molecular weight is 318 g/mol. The SMILES string of the molecule is C#CCCCCNC(=O)c1cc(F)cc(S(=O)(=O)Cl)c1. The molecule has 0 saturated carbocycles. The molecule has 0 aliphatic rings. The normalized spacial score (nSPS) is 10.8. The summed E-state index contributed by atoms with van der Waals surface area (Å²) in [7, 11) is 1.04. The van der Waals surface area contributed by atoms with Gasteiger partial charge in [-0.25, -0.2) is 12.8 Å². The van der Waals surface area contributed by atoms with Crippen LogP contribution in [0.3, 0.4) is 0 Å². The van der Waals surface area contributed by atoms with E-state index >= 15 is 0 Å². The van der Waals surface area contributed by atoms with Crippen LogP contribution in [0.25, 0.3) is 0 Å². The van der Waals surface area contributed by atoms with Crippen molar-refractivity contribution in [2.75, 3.05) is 6.54 Å². The van der Waals surface area contributed by atoms with E-state index in [0.717, 1.165) is 24.6 Å². The first-order chi connectivity index (χ1) is 9.34. The molecule has 7 heteroatoms. The molecule has 0 saturated heterocycles. The molecule has 1 N–H and O–H groups in total. The molecular formula is C13H13ClFNO3S. The molecule has 0 unspecified atom stereocenters. The van der Waals surface area contributed by atoms with Crippen LogP contribution in [0.15, 0.2) is 23.1 Å². The minimum Gasteiger partial charge on any atom is -0.352 e. The van der Waals surface area contributed by atoms with Gasteiger partial charge in [0.25, 0.3) is 15.0 Å². The molecule has 0 aliphatic heterocycles. The van der Waals surface area contributed by atoms with E-state index in [-0.39, 0.29) is 5.56 Å². The molecule has 4 nitrogen and oxygen atoms in total. The number of unbranched alkanes of at least 4 members (excludes halogenated alkanes) is 2. The van der Waals surface area contributed by atoms with Gasteiger partial charge in [-0.15, -0.1) is 12.3 Å². The molecule has 0 fully saturated rings. The fourth-order valence-corrected chi connectivity index (χ4v) is 2.28. The summed E-state index contributed by atoms with van der Waals surface area (Å²) in [4.78, 5) is 11.3. The van der Waals surface area contributed by atoms with Crippen molar-refractivity contribution in [3.05, 3.63) is 29.6 Å². The Morgan fingerprint density at radius 3 is 2.65 bits per heavy atom. The Balaban J connectivity index is 2.74. The Bertz CT molecular complexity index is 638. The maximum absolute atomic E-state index is 13.3. The molecule has 0 radical (unpaired) electrons. The van der Waals surface area contributed by atoms with Crippen molar-refractivity contribution >= 4 is 25.6 Å². The van der Waals surface area contributed by atoms with Gasteiger partial charge in [-0.05, 0) is 31.0 Å². The molecule has 1 aromatic rings. The second-order valence-corrected chi connectivity index (χ2v) is 6.60. The number of terminal acetylenes is 1. The first-order valence-electron chi connectivity index (χ1n) is 5.81. The molecule has 108 valence electrons. The number of hydrogen-bond donors (Lipinski definition) is 1. The van der Waals surface area contributed by atoms with Crippen molar-refractivity contribution in [3.63, 3.8) is 0 Å². The number of nitrogens with one attached hydrogen (secondary N) is 1. The molecule has 1 rings (SSSR count). The van der Waals surface area contributed by atoms with Crippen LogP contribution in [0.2, 0.25) is 0 Å². The third-order valence-corrected chi connectivity index (χ3v) is 3.78. The summed E-state index contributed by atoms with van der Waals surface area (Å²) in [5, 5.41) is 2.55. The zero-order valence-corrected chi connectivity index (χ0v) is 12.1. The predicted molar refractivity (Wildman–Crippen MR) is 74.5 cm³/mol. The highest BCUT2D eigenvalue weighted by Crippen LogP contribution is 2.18. The van der Waals surface area contributed by atoms with Crippen molar-refractivity contribution in [1.29, 1.82) is 0 Å². The fourth-order valence-electron chi connectivity index (χ4n) is 1.49. The van der Waals surface area contributed by atoms with Crippen LogP contribution < -0.4 is 5.32 Å². The smallest absolute Gasteiger partial charge is 0.261 e. The molecule has 0 atom stereocenters. The lowest BCUT2D eigenvalue weighted by molar-refractivity contribution is 0.0952. The van der Waals surface area contributed by atoms with E-state index in [1.165, 1.54) is 0 Å². The lowest BCUT2D eigenvalue weighted by atomic mass is 10.2. The van der Waals surface area contributed by atoms with Gasteiger partial charge in [0.2, 0.25) is 0 Å². The Labute approximate surface area is 121 Å². The number of halogens is 2. The van der Waals surface area contributed by atoms with Crippen LogP contribution in [0, 0.1) is 18.2 Å². The second-order valence-electron chi connectivity index (χ2n) is 4.03. The van der Waals surface area contributed by atoms with Crippen LogP contribution in [-0.4, -0.2) is 20.9 Å². The molecule has 1 aromatic carbocycles. The molecule has 0 heterocycles. The van der Waals surface area contributed by atoms with Gasteiger partial charge in [0, 0.05) is 29.2 Å². The summed E-state index contributed by atoms with van der Waals surface area (Å²) in [6.07, 6.45) is 7.15. The van der Waals surface area contributed by atoms with Gasteiger partial charge in [-0.3, -0.25) is 4.79 Å². The number of rotatable bonds is 6. The Hall–Kier alpha value is -1.58. The Morgan fingerprint density at radius 1 is 1.35 bits per heavy atom. The van der Waals surface area contributed by atoms with Gasteiger partial charge in [-0.1, -0.05) is 0 Å². The summed E-state index contributed by atoms with van der Waals surface area (Å²) in [5.74, 6) is 1.07. The third kappa shape index (κ3) is 5.19. The summed E-state index contributed by atoms with van der Waals surface area (Å²) in [5.41, 5.74) is -0.0961. The van der Waals surface area contributed by atoms with Gasteiger partial charge < -0.3 is 5.32 Å². The van der Waals surface area contributed by atoms with Crippen molar-refractivity contribution in [2.24, 2.45) is 0 Å². The second kappa shape index (κ2) is 7.27. The minimum absolute atomic E-state index is 0.0961. The lowest BCUT2D eigenvalue weighted by Gasteiger charge is -2.06. The van der Waals surface area contributed by atoms with E-state index in [4.69, 9.17) is 17.1 Å². The Morgan fingerprint density at radius 2 is 2.05 bits per heavy atom. The van der Waals surface area contributed by atoms with E-state index < -0.39 is 25.7 Å². The highest BCUT2D eigenvalue weighted by atomic mass is 35.7. The van der Waals surface area contributed by atoms with Crippen molar-refractivity contribution in [2.45, 2.75) is 24.2 Å². The van der Waals surface area contributed by atoms with Crippen LogP contribution >= 0.6 is 10.7 Å². The molecule has 1 amide bonds. The van der Waals surface area contributed by atoms with E-state index in [9.17, 15) is 17.6 Å². The van der Waals surface area contributed by atoms with E-state index in [2.05, 4.69) is 11.2 Å². The molecule has 0 aromatic heterocycles. The zero-order valence-electron chi connectivity index (χ0n) is 10.5. The van der Waals surface area contributed by atoms with Gasteiger partial charge in [-0.2, -0.15) is 0 Å². The highest BCUT2D eigenvalue weighted by Gasteiger charge is 2.15. The van der Waals surface area contributed by atoms with Gasteiger partial charge >= 0.3 is 0 Å². The molecule has 0 bridgehead atoms. The third-order valence-electron chi connectivity index (χ3n) is 2.45. The molecule has 20 heavy (non-hydrogen) atoms. The number of amides is 1. The number of hydrogen-bond acceptors (Lipinski definition) is 3. The van der Waals surface area contributed by atoms with E-state index in [1.807, 2.05) is 0 Å². The number of carbonyl (C=O) groups excluding carboxylic acids is 1. The maximum atomic E-state index is 13.3.